The minimum absolute atomic E-state index is 0.568. The van der Waals surface area contributed by atoms with E-state index in [0.717, 1.165) is 6.42 Å². The van der Waals surface area contributed by atoms with Gasteiger partial charge in [0, 0.05) is 0 Å². The van der Waals surface area contributed by atoms with Gasteiger partial charge in [0.2, 0.25) is 6.41 Å². The third-order valence-corrected chi connectivity index (χ3v) is 1.37. The van der Waals surface area contributed by atoms with Gasteiger partial charge < -0.3 is 5.32 Å². The van der Waals surface area contributed by atoms with Crippen LogP contribution < -0.4 is 5.32 Å². The molecular formula is C7H12N2O. The first-order valence-corrected chi connectivity index (χ1v) is 3.31. The lowest BCUT2D eigenvalue weighted by Crippen LogP contribution is -2.39. The first-order valence-electron chi connectivity index (χ1n) is 3.31. The maximum absolute atomic E-state index is 9.99. The van der Waals surface area contributed by atoms with Crippen LogP contribution >= 0.6 is 0 Å². The molecule has 0 aromatic carbocycles. The second kappa shape index (κ2) is 3.89. The predicted molar refractivity (Wildman–Crippen MR) is 38.1 cm³/mol. The van der Waals surface area contributed by atoms with Crippen LogP contribution in [0.4, 0.5) is 0 Å². The Morgan fingerprint density at radius 3 is 2.70 bits per heavy atom. The van der Waals surface area contributed by atoms with Crippen LogP contribution in [-0.2, 0) is 4.79 Å². The highest BCUT2D eigenvalue weighted by Crippen LogP contribution is 2.08. The summed E-state index contributed by atoms with van der Waals surface area (Å²) in [5.74, 6) is 0. The van der Waals surface area contributed by atoms with Crippen LogP contribution in [0, 0.1) is 11.3 Å². The maximum atomic E-state index is 9.99. The minimum Gasteiger partial charge on any atom is -0.341 e. The van der Waals surface area contributed by atoms with Crippen LogP contribution in [0.3, 0.4) is 0 Å². The number of nitrogens with zero attached hydrogens (tertiary/aromatic N) is 1. The topological polar surface area (TPSA) is 52.9 Å². The molecule has 0 rings (SSSR count). The van der Waals surface area contributed by atoms with Gasteiger partial charge in [-0.25, -0.2) is 0 Å². The smallest absolute Gasteiger partial charge is 0.208 e. The Balaban J connectivity index is 3.97. The molecule has 1 N–H and O–H groups in total. The summed E-state index contributed by atoms with van der Waals surface area (Å²) in [6.45, 7) is 3.69. The molecule has 56 valence electrons. The van der Waals surface area contributed by atoms with E-state index in [2.05, 4.69) is 5.32 Å². The molecule has 0 heterocycles. The molecule has 0 aromatic heterocycles. The van der Waals surface area contributed by atoms with Gasteiger partial charge in [-0.3, -0.25) is 4.79 Å². The summed E-state index contributed by atoms with van der Waals surface area (Å²) in [6.07, 6.45) is 2.16. The van der Waals surface area contributed by atoms with Crippen LogP contribution in [0.25, 0.3) is 0 Å². The van der Waals surface area contributed by atoms with E-state index < -0.39 is 5.54 Å². The lowest BCUT2D eigenvalue weighted by atomic mass is 9.99. The van der Waals surface area contributed by atoms with Crippen molar-refractivity contribution in [2.45, 2.75) is 32.2 Å². The standard InChI is InChI=1S/C7H12N2O/c1-3-4-7(2,5-8)9-6-10/h6H,3-4H2,1-2H3,(H,9,10). The fourth-order valence-corrected chi connectivity index (χ4v) is 0.790. The lowest BCUT2D eigenvalue weighted by Gasteiger charge is -2.18. The molecule has 1 atom stereocenters. The highest BCUT2D eigenvalue weighted by atomic mass is 16.1. The monoisotopic (exact) mass is 140 g/mol. The maximum Gasteiger partial charge on any atom is 0.208 e. The fourth-order valence-electron chi connectivity index (χ4n) is 0.790. The summed E-state index contributed by atoms with van der Waals surface area (Å²) in [6, 6.07) is 2.04. The second-order valence-electron chi connectivity index (χ2n) is 2.46. The quantitative estimate of drug-likeness (QED) is 0.587. The molecule has 0 aliphatic carbocycles. The highest BCUT2D eigenvalue weighted by molar-refractivity contribution is 5.49. The van der Waals surface area contributed by atoms with Gasteiger partial charge >= 0.3 is 0 Å². The average Bonchev–Trinajstić information content (AvgIpc) is 1.89. The molecule has 0 aliphatic heterocycles. The first kappa shape index (κ1) is 8.96. The van der Waals surface area contributed by atoms with Crippen molar-refractivity contribution in [3.63, 3.8) is 0 Å². The van der Waals surface area contributed by atoms with Crippen molar-refractivity contribution in [3.8, 4) is 6.07 Å². The molecule has 10 heavy (non-hydrogen) atoms. The van der Waals surface area contributed by atoms with Gasteiger partial charge in [-0.2, -0.15) is 5.26 Å². The molecule has 0 saturated heterocycles. The van der Waals surface area contributed by atoms with Crippen molar-refractivity contribution < 1.29 is 4.79 Å². The van der Waals surface area contributed by atoms with Gasteiger partial charge in [0.25, 0.3) is 0 Å². The largest absolute Gasteiger partial charge is 0.341 e. The van der Waals surface area contributed by atoms with Crippen molar-refractivity contribution in [2.75, 3.05) is 0 Å². The zero-order chi connectivity index (χ0) is 8.04. The minimum atomic E-state index is -0.670. The Kier molecular flexibility index (Phi) is 3.48. The molecule has 3 nitrogen and oxygen atoms in total. The van der Waals surface area contributed by atoms with E-state index in [1.165, 1.54) is 0 Å². The number of carbonyl (C=O) groups excluding carboxylic acids is 1. The average molecular weight is 140 g/mol. The Bertz CT molecular complexity index is 150. The number of carbonyl (C=O) groups is 1. The number of nitrogens with one attached hydrogen (secondary N) is 1. The van der Waals surface area contributed by atoms with E-state index in [9.17, 15) is 4.79 Å². The zero-order valence-electron chi connectivity index (χ0n) is 6.35. The molecule has 0 saturated carbocycles. The lowest BCUT2D eigenvalue weighted by molar-refractivity contribution is -0.110. The van der Waals surface area contributed by atoms with Crippen molar-refractivity contribution in [1.82, 2.24) is 5.32 Å². The third-order valence-electron chi connectivity index (χ3n) is 1.37. The van der Waals surface area contributed by atoms with Gasteiger partial charge in [-0.05, 0) is 13.3 Å². The fraction of sp³-hybridized carbons (Fsp3) is 0.714. The summed E-state index contributed by atoms with van der Waals surface area (Å²) in [5.41, 5.74) is -0.670. The van der Waals surface area contributed by atoms with Crippen LogP contribution in [0.2, 0.25) is 0 Å². The molecule has 0 radical (unpaired) electrons. The highest BCUT2D eigenvalue weighted by Gasteiger charge is 2.20. The number of hydrogen-bond acceptors (Lipinski definition) is 2. The molecular weight excluding hydrogens is 128 g/mol. The second-order valence-corrected chi connectivity index (χ2v) is 2.46. The molecule has 1 amide bonds. The normalized spacial score (nSPS) is 14.9. The van der Waals surface area contributed by atoms with Crippen LogP contribution in [-0.4, -0.2) is 11.9 Å². The van der Waals surface area contributed by atoms with Gasteiger partial charge in [0.1, 0.15) is 5.54 Å². The van der Waals surface area contributed by atoms with Gasteiger partial charge in [-0.1, -0.05) is 13.3 Å². The van der Waals surface area contributed by atoms with E-state index in [0.29, 0.717) is 12.8 Å². The van der Waals surface area contributed by atoms with Crippen LogP contribution in [0.1, 0.15) is 26.7 Å². The van der Waals surface area contributed by atoms with E-state index in [1.54, 1.807) is 6.92 Å². The number of hydrogen-bond donors (Lipinski definition) is 1. The van der Waals surface area contributed by atoms with E-state index in [4.69, 9.17) is 5.26 Å². The Morgan fingerprint density at radius 1 is 1.80 bits per heavy atom. The van der Waals surface area contributed by atoms with E-state index >= 15 is 0 Å². The molecule has 0 fully saturated rings. The van der Waals surface area contributed by atoms with Crippen molar-refractivity contribution in [3.05, 3.63) is 0 Å². The van der Waals surface area contributed by atoms with Crippen LogP contribution in [0.5, 0.6) is 0 Å². The van der Waals surface area contributed by atoms with Gasteiger partial charge in [0.15, 0.2) is 0 Å². The SMILES string of the molecule is CCCC(C)(C#N)NC=O. The summed E-state index contributed by atoms with van der Waals surface area (Å²) >= 11 is 0. The number of amides is 1. The van der Waals surface area contributed by atoms with Crippen molar-refractivity contribution >= 4 is 6.41 Å². The predicted octanol–water partition coefficient (Wildman–Crippen LogP) is 0.815. The Hall–Kier alpha value is -1.04. The number of rotatable bonds is 4. The summed E-state index contributed by atoms with van der Waals surface area (Å²) in [7, 11) is 0. The zero-order valence-corrected chi connectivity index (χ0v) is 6.35. The van der Waals surface area contributed by atoms with Gasteiger partial charge in [-0.15, -0.1) is 0 Å². The summed E-state index contributed by atoms with van der Waals surface area (Å²) in [5, 5.41) is 11.0. The van der Waals surface area contributed by atoms with Crippen molar-refractivity contribution in [1.29, 1.82) is 5.26 Å². The summed E-state index contributed by atoms with van der Waals surface area (Å²) < 4.78 is 0. The molecule has 0 bridgehead atoms. The molecule has 0 aromatic rings. The number of nitriles is 1. The van der Waals surface area contributed by atoms with Gasteiger partial charge in [0.05, 0.1) is 6.07 Å². The van der Waals surface area contributed by atoms with E-state index in [-0.39, 0.29) is 0 Å². The third kappa shape index (κ3) is 2.49. The Labute approximate surface area is 61.0 Å². The molecule has 0 aliphatic rings. The molecule has 0 spiro atoms. The van der Waals surface area contributed by atoms with E-state index in [1.807, 2.05) is 13.0 Å². The van der Waals surface area contributed by atoms with Crippen LogP contribution in [0.15, 0.2) is 0 Å². The summed E-state index contributed by atoms with van der Waals surface area (Å²) in [4.78, 5) is 9.99. The first-order chi connectivity index (χ1) is 4.68. The molecule has 3 heteroatoms. The molecule has 1 unspecified atom stereocenters. The Morgan fingerprint density at radius 2 is 2.40 bits per heavy atom. The van der Waals surface area contributed by atoms with Crippen molar-refractivity contribution in [2.24, 2.45) is 0 Å².